The van der Waals surface area contributed by atoms with E-state index >= 15 is 0 Å². The summed E-state index contributed by atoms with van der Waals surface area (Å²) in [7, 11) is 1.60. The van der Waals surface area contributed by atoms with Gasteiger partial charge in [-0.2, -0.15) is 0 Å². The Hall–Kier alpha value is -4.61. The van der Waals surface area contributed by atoms with Crippen molar-refractivity contribution in [3.05, 3.63) is 129 Å². The van der Waals surface area contributed by atoms with Crippen LogP contribution in [0.15, 0.2) is 113 Å². The van der Waals surface area contributed by atoms with Crippen molar-refractivity contribution in [2.45, 2.75) is 4.90 Å². The molecule has 0 unspecified atom stereocenters. The van der Waals surface area contributed by atoms with Crippen LogP contribution in [0.2, 0.25) is 10.0 Å². The highest BCUT2D eigenvalue weighted by Gasteiger charge is 2.17. The van der Waals surface area contributed by atoms with Gasteiger partial charge in [-0.3, -0.25) is 14.4 Å². The molecule has 4 aromatic carbocycles. The summed E-state index contributed by atoms with van der Waals surface area (Å²) >= 11 is 15.3. The quantitative estimate of drug-likeness (QED) is 0.0952. The number of para-hydroxylation sites is 1. The van der Waals surface area contributed by atoms with Gasteiger partial charge in [0.05, 0.1) is 18.6 Å². The van der Waals surface area contributed by atoms with Crippen molar-refractivity contribution in [3.63, 3.8) is 0 Å². The standard InChI is InChI=1S/C34H26Cl2N4O4S2/c1-44-30-16-6-5-13-24(30)29-19-46-34(39-29)40-31(41)20-45-23-12-7-11-22(17-23)37-33(43)28(18-25-26(35)14-8-15-27(25)36)38-32(42)21-9-3-2-4-10-21/h2-19H,20H2,1H3,(H,37,43)(H,38,42)(H,39,40,41)/b28-18+. The molecule has 5 rings (SSSR count). The van der Waals surface area contributed by atoms with E-state index in [0.29, 0.717) is 43.4 Å². The zero-order valence-electron chi connectivity index (χ0n) is 24.3. The van der Waals surface area contributed by atoms with Gasteiger partial charge in [0.25, 0.3) is 11.8 Å². The van der Waals surface area contributed by atoms with Gasteiger partial charge in [0.15, 0.2) is 5.13 Å². The fourth-order valence-corrected chi connectivity index (χ4v) is 6.20. The van der Waals surface area contributed by atoms with Crippen molar-refractivity contribution in [1.29, 1.82) is 0 Å². The Kier molecular flexibility index (Phi) is 11.1. The third-order valence-corrected chi connectivity index (χ3v) is 8.82. The lowest BCUT2D eigenvalue weighted by Crippen LogP contribution is -2.30. The first-order valence-corrected chi connectivity index (χ1v) is 16.4. The molecule has 0 bridgehead atoms. The molecule has 0 saturated carbocycles. The highest BCUT2D eigenvalue weighted by Crippen LogP contribution is 2.32. The van der Waals surface area contributed by atoms with Crippen LogP contribution in [0.5, 0.6) is 5.75 Å². The number of amides is 3. The lowest BCUT2D eigenvalue weighted by atomic mass is 10.1. The minimum atomic E-state index is -0.588. The van der Waals surface area contributed by atoms with Crippen molar-refractivity contribution in [1.82, 2.24) is 10.3 Å². The van der Waals surface area contributed by atoms with Crippen molar-refractivity contribution >= 4 is 80.9 Å². The number of benzene rings is 4. The topological polar surface area (TPSA) is 109 Å². The zero-order valence-corrected chi connectivity index (χ0v) is 27.4. The van der Waals surface area contributed by atoms with Crippen LogP contribution in [0.25, 0.3) is 17.3 Å². The molecule has 3 N–H and O–H groups in total. The van der Waals surface area contributed by atoms with E-state index < -0.39 is 11.8 Å². The van der Waals surface area contributed by atoms with Crippen molar-refractivity contribution < 1.29 is 19.1 Å². The summed E-state index contributed by atoms with van der Waals surface area (Å²) in [5, 5.41) is 11.3. The fourth-order valence-electron chi connectivity index (χ4n) is 4.21. The van der Waals surface area contributed by atoms with E-state index in [9.17, 15) is 14.4 Å². The molecule has 0 saturated heterocycles. The van der Waals surface area contributed by atoms with Gasteiger partial charge in [-0.15, -0.1) is 23.1 Å². The lowest BCUT2D eigenvalue weighted by Gasteiger charge is -2.13. The number of thioether (sulfide) groups is 1. The van der Waals surface area contributed by atoms with Crippen molar-refractivity contribution in [3.8, 4) is 17.0 Å². The average molecular weight is 690 g/mol. The third-order valence-electron chi connectivity index (χ3n) is 6.41. The molecule has 0 atom stereocenters. The second-order valence-corrected chi connectivity index (χ2v) is 12.3. The summed E-state index contributed by atoms with van der Waals surface area (Å²) < 4.78 is 5.41. The summed E-state index contributed by atoms with van der Waals surface area (Å²) in [4.78, 5) is 44.4. The van der Waals surface area contributed by atoms with Gasteiger partial charge < -0.3 is 20.7 Å². The van der Waals surface area contributed by atoms with Gasteiger partial charge in [-0.1, -0.05) is 65.7 Å². The molecule has 0 aliphatic rings. The van der Waals surface area contributed by atoms with Gasteiger partial charge in [0.1, 0.15) is 11.4 Å². The van der Waals surface area contributed by atoms with Crippen molar-refractivity contribution in [2.75, 3.05) is 23.5 Å². The summed E-state index contributed by atoms with van der Waals surface area (Å²) in [5.41, 5.74) is 2.70. The number of anilines is 2. The normalized spacial score (nSPS) is 11.1. The van der Waals surface area contributed by atoms with E-state index in [-0.39, 0.29) is 17.4 Å². The number of methoxy groups -OCH3 is 1. The molecule has 0 aliphatic heterocycles. The Labute approximate surface area is 283 Å². The number of nitrogens with one attached hydrogen (secondary N) is 3. The second-order valence-electron chi connectivity index (χ2n) is 9.57. The maximum Gasteiger partial charge on any atom is 0.272 e. The van der Waals surface area contributed by atoms with Crippen molar-refractivity contribution in [2.24, 2.45) is 0 Å². The molecule has 1 heterocycles. The molecule has 12 heteroatoms. The molecular weight excluding hydrogens is 663 g/mol. The maximum atomic E-state index is 13.5. The Morgan fingerprint density at radius 3 is 2.37 bits per heavy atom. The average Bonchev–Trinajstić information content (AvgIpc) is 3.53. The number of aromatic nitrogens is 1. The molecule has 46 heavy (non-hydrogen) atoms. The summed E-state index contributed by atoms with van der Waals surface area (Å²) in [5.74, 6) is -0.483. The van der Waals surface area contributed by atoms with E-state index in [0.717, 1.165) is 10.5 Å². The molecule has 5 aromatic rings. The van der Waals surface area contributed by atoms with Crippen LogP contribution in [0.1, 0.15) is 15.9 Å². The van der Waals surface area contributed by atoms with Gasteiger partial charge >= 0.3 is 0 Å². The Morgan fingerprint density at radius 2 is 1.61 bits per heavy atom. The first-order valence-electron chi connectivity index (χ1n) is 13.8. The largest absolute Gasteiger partial charge is 0.496 e. The molecule has 0 fully saturated rings. The van der Waals surface area contributed by atoms with Crippen LogP contribution in [0, 0.1) is 0 Å². The van der Waals surface area contributed by atoms with Crippen LogP contribution in [-0.4, -0.2) is 35.6 Å². The number of nitrogens with zero attached hydrogens (tertiary/aromatic N) is 1. The van der Waals surface area contributed by atoms with E-state index in [1.807, 2.05) is 35.7 Å². The number of hydrogen-bond acceptors (Lipinski definition) is 7. The number of carbonyl (C=O) groups is 3. The molecule has 0 aliphatic carbocycles. The minimum Gasteiger partial charge on any atom is -0.496 e. The molecule has 1 aromatic heterocycles. The number of halogens is 2. The Balaban J connectivity index is 1.25. The number of rotatable bonds is 11. The minimum absolute atomic E-state index is 0.0581. The Morgan fingerprint density at radius 1 is 0.891 bits per heavy atom. The smallest absolute Gasteiger partial charge is 0.272 e. The predicted octanol–water partition coefficient (Wildman–Crippen LogP) is 8.27. The zero-order chi connectivity index (χ0) is 32.5. The highest BCUT2D eigenvalue weighted by molar-refractivity contribution is 8.00. The van der Waals surface area contributed by atoms with E-state index in [4.69, 9.17) is 27.9 Å². The van der Waals surface area contributed by atoms with E-state index in [2.05, 4.69) is 20.9 Å². The van der Waals surface area contributed by atoms with Gasteiger partial charge in [0, 0.05) is 42.7 Å². The fraction of sp³-hybridized carbons (Fsp3) is 0.0588. The summed E-state index contributed by atoms with van der Waals surface area (Å²) in [6, 6.07) is 28.0. The SMILES string of the molecule is COc1ccccc1-c1csc(NC(=O)CSc2cccc(NC(=O)/C(=C\c3c(Cl)cccc3Cl)NC(=O)c3ccccc3)c2)n1. The molecule has 3 amide bonds. The van der Waals surface area contributed by atoms with Gasteiger partial charge in [-0.25, -0.2) is 4.98 Å². The Bertz CT molecular complexity index is 1890. The monoisotopic (exact) mass is 688 g/mol. The third kappa shape index (κ3) is 8.55. The van der Waals surface area contributed by atoms with Crippen LogP contribution >= 0.6 is 46.3 Å². The number of hydrogen-bond donors (Lipinski definition) is 3. The number of thiazole rings is 1. The van der Waals surface area contributed by atoms with Crippen LogP contribution in [-0.2, 0) is 9.59 Å². The number of ether oxygens (including phenoxy) is 1. The van der Waals surface area contributed by atoms with Crippen LogP contribution < -0.4 is 20.7 Å². The molecule has 0 spiro atoms. The van der Waals surface area contributed by atoms with E-state index in [1.54, 1.807) is 73.8 Å². The highest BCUT2D eigenvalue weighted by atomic mass is 35.5. The maximum absolute atomic E-state index is 13.5. The first-order chi connectivity index (χ1) is 22.3. The lowest BCUT2D eigenvalue weighted by molar-refractivity contribution is -0.114. The number of carbonyl (C=O) groups excluding carboxylic acids is 3. The summed E-state index contributed by atoms with van der Waals surface area (Å²) in [6.45, 7) is 0. The molecule has 232 valence electrons. The molecule has 0 radical (unpaired) electrons. The second kappa shape index (κ2) is 15.6. The molecular formula is C34H26Cl2N4O4S2. The first kappa shape index (κ1) is 32.8. The molecule has 8 nitrogen and oxygen atoms in total. The summed E-state index contributed by atoms with van der Waals surface area (Å²) in [6.07, 6.45) is 1.43. The van der Waals surface area contributed by atoms with Gasteiger partial charge in [-0.05, 0) is 60.7 Å². The predicted molar refractivity (Wildman–Crippen MR) is 187 cm³/mol. The van der Waals surface area contributed by atoms with Gasteiger partial charge in [0.2, 0.25) is 5.91 Å². The van der Waals surface area contributed by atoms with Crippen LogP contribution in [0.3, 0.4) is 0 Å². The van der Waals surface area contributed by atoms with E-state index in [1.165, 1.54) is 29.2 Å². The van der Waals surface area contributed by atoms with Crippen LogP contribution in [0.4, 0.5) is 10.8 Å².